The minimum atomic E-state index is 0.151. The minimum Gasteiger partial charge on any atom is -0.356 e. The second-order valence-electron chi connectivity index (χ2n) is 4.86. The van der Waals surface area contributed by atoms with Gasteiger partial charge < -0.3 is 10.6 Å². The van der Waals surface area contributed by atoms with Gasteiger partial charge in [-0.25, -0.2) is 0 Å². The third-order valence-electron chi connectivity index (χ3n) is 3.46. The van der Waals surface area contributed by atoms with Crippen molar-refractivity contribution in [3.63, 3.8) is 0 Å². The van der Waals surface area contributed by atoms with Crippen LogP contribution < -0.4 is 10.6 Å². The van der Waals surface area contributed by atoms with Crippen molar-refractivity contribution in [1.29, 1.82) is 0 Å². The molecule has 1 aliphatic heterocycles. The van der Waals surface area contributed by atoms with Gasteiger partial charge in [-0.3, -0.25) is 4.79 Å². The lowest BCUT2D eigenvalue weighted by Crippen LogP contribution is -2.35. The number of fused-ring (bicyclic) bond motifs is 1. The molecular weight excluding hydrogens is 224 g/mol. The molecule has 1 aromatic carbocycles. The van der Waals surface area contributed by atoms with Gasteiger partial charge in [0, 0.05) is 19.0 Å². The summed E-state index contributed by atoms with van der Waals surface area (Å²) >= 11 is 0. The molecule has 0 spiro atoms. The van der Waals surface area contributed by atoms with Gasteiger partial charge in [-0.15, -0.1) is 0 Å². The van der Waals surface area contributed by atoms with E-state index in [0.717, 1.165) is 32.4 Å². The average Bonchev–Trinajstić information content (AvgIpc) is 2.39. The normalized spacial score (nSPS) is 18.2. The van der Waals surface area contributed by atoms with Gasteiger partial charge in [-0.2, -0.15) is 0 Å². The molecule has 0 fully saturated rings. The van der Waals surface area contributed by atoms with Crippen LogP contribution in [-0.4, -0.2) is 19.0 Å². The number of benzene rings is 1. The molecule has 1 unspecified atom stereocenters. The van der Waals surface area contributed by atoms with Crippen LogP contribution in [0.25, 0.3) is 0 Å². The first-order valence-corrected chi connectivity index (χ1v) is 6.89. The first kappa shape index (κ1) is 13.1. The van der Waals surface area contributed by atoms with Crippen LogP contribution in [0.5, 0.6) is 0 Å². The van der Waals surface area contributed by atoms with Crippen LogP contribution in [0.1, 0.15) is 43.4 Å². The van der Waals surface area contributed by atoms with E-state index in [1.165, 1.54) is 11.1 Å². The Morgan fingerprint density at radius 2 is 2.28 bits per heavy atom. The van der Waals surface area contributed by atoms with Crippen LogP contribution in [-0.2, 0) is 11.2 Å². The summed E-state index contributed by atoms with van der Waals surface area (Å²) in [6.45, 7) is 3.89. The summed E-state index contributed by atoms with van der Waals surface area (Å²) in [5.41, 5.74) is 2.66. The lowest BCUT2D eigenvalue weighted by molar-refractivity contribution is -0.121. The highest BCUT2D eigenvalue weighted by molar-refractivity contribution is 5.76. The summed E-state index contributed by atoms with van der Waals surface area (Å²) in [6.07, 6.45) is 3.77. The number of amides is 1. The number of hydrogen-bond acceptors (Lipinski definition) is 2. The third-order valence-corrected chi connectivity index (χ3v) is 3.46. The predicted molar refractivity (Wildman–Crippen MR) is 73.4 cm³/mol. The molecule has 3 nitrogen and oxygen atoms in total. The lowest BCUT2D eigenvalue weighted by Gasteiger charge is -2.26. The fourth-order valence-electron chi connectivity index (χ4n) is 2.44. The van der Waals surface area contributed by atoms with E-state index in [9.17, 15) is 4.79 Å². The second-order valence-corrected chi connectivity index (χ2v) is 4.86. The molecule has 1 aromatic rings. The van der Waals surface area contributed by atoms with Crippen molar-refractivity contribution in [2.75, 3.05) is 13.1 Å². The summed E-state index contributed by atoms with van der Waals surface area (Å²) in [5.74, 6) is 0.151. The van der Waals surface area contributed by atoms with Gasteiger partial charge >= 0.3 is 0 Å². The van der Waals surface area contributed by atoms with Crippen molar-refractivity contribution in [3.8, 4) is 0 Å². The Kier molecular flexibility index (Phi) is 4.76. The van der Waals surface area contributed by atoms with Crippen LogP contribution >= 0.6 is 0 Å². The van der Waals surface area contributed by atoms with Crippen LogP contribution in [0.2, 0.25) is 0 Å². The van der Waals surface area contributed by atoms with Crippen molar-refractivity contribution in [1.82, 2.24) is 10.6 Å². The molecule has 0 aromatic heterocycles. The molecule has 18 heavy (non-hydrogen) atoms. The van der Waals surface area contributed by atoms with E-state index in [1.807, 2.05) is 6.07 Å². The molecule has 1 aliphatic rings. The fourth-order valence-corrected chi connectivity index (χ4v) is 2.44. The quantitative estimate of drug-likeness (QED) is 0.782. The maximum atomic E-state index is 11.8. The number of rotatable bonds is 5. The van der Waals surface area contributed by atoms with E-state index in [2.05, 4.69) is 35.8 Å². The number of carbonyl (C=O) groups is 1. The summed E-state index contributed by atoms with van der Waals surface area (Å²) in [4.78, 5) is 11.8. The van der Waals surface area contributed by atoms with Crippen LogP contribution in [0.4, 0.5) is 0 Å². The maximum absolute atomic E-state index is 11.8. The van der Waals surface area contributed by atoms with Crippen LogP contribution in [0.3, 0.4) is 0 Å². The molecular formula is C15H22N2O. The van der Waals surface area contributed by atoms with E-state index in [-0.39, 0.29) is 11.9 Å². The van der Waals surface area contributed by atoms with Crippen LogP contribution in [0.15, 0.2) is 24.3 Å². The topological polar surface area (TPSA) is 41.1 Å². The Bertz CT molecular complexity index is 403. The SMILES string of the molecule is CCCCNC(=O)CC1NCCc2ccccc21. The number of carbonyl (C=O) groups excluding carboxylic acids is 1. The Balaban J connectivity index is 1.92. The third kappa shape index (κ3) is 3.33. The number of hydrogen-bond donors (Lipinski definition) is 2. The van der Waals surface area contributed by atoms with Gasteiger partial charge in [0.05, 0.1) is 0 Å². The highest BCUT2D eigenvalue weighted by Gasteiger charge is 2.21. The highest BCUT2D eigenvalue weighted by atomic mass is 16.1. The van der Waals surface area contributed by atoms with Gasteiger partial charge in [-0.1, -0.05) is 37.6 Å². The van der Waals surface area contributed by atoms with Crippen molar-refractivity contribution < 1.29 is 4.79 Å². The maximum Gasteiger partial charge on any atom is 0.221 e. The lowest BCUT2D eigenvalue weighted by atomic mass is 9.92. The van der Waals surface area contributed by atoms with Crippen molar-refractivity contribution >= 4 is 5.91 Å². The molecule has 0 bridgehead atoms. The first-order valence-electron chi connectivity index (χ1n) is 6.89. The van der Waals surface area contributed by atoms with E-state index in [4.69, 9.17) is 0 Å². The summed E-state index contributed by atoms with van der Waals surface area (Å²) in [5, 5.41) is 6.42. The molecule has 98 valence electrons. The van der Waals surface area contributed by atoms with E-state index >= 15 is 0 Å². The van der Waals surface area contributed by atoms with Gasteiger partial charge in [0.25, 0.3) is 0 Å². The van der Waals surface area contributed by atoms with Gasteiger partial charge in [-0.05, 0) is 30.5 Å². The monoisotopic (exact) mass is 246 g/mol. The average molecular weight is 246 g/mol. The molecule has 2 rings (SSSR count). The summed E-state index contributed by atoms with van der Waals surface area (Å²) in [6, 6.07) is 8.59. The Hall–Kier alpha value is -1.35. The highest BCUT2D eigenvalue weighted by Crippen LogP contribution is 2.24. The van der Waals surface area contributed by atoms with Gasteiger partial charge in [0.2, 0.25) is 5.91 Å². The van der Waals surface area contributed by atoms with E-state index < -0.39 is 0 Å². The summed E-state index contributed by atoms with van der Waals surface area (Å²) in [7, 11) is 0. The molecule has 2 N–H and O–H groups in total. The zero-order chi connectivity index (χ0) is 12.8. The molecule has 0 saturated carbocycles. The fraction of sp³-hybridized carbons (Fsp3) is 0.533. The smallest absolute Gasteiger partial charge is 0.221 e. The Labute approximate surface area is 109 Å². The standard InChI is InChI=1S/C15H22N2O/c1-2-3-9-17-15(18)11-14-13-7-5-4-6-12(13)8-10-16-14/h4-7,14,16H,2-3,8-11H2,1H3,(H,17,18). The number of unbranched alkanes of at least 4 members (excludes halogenated alkanes) is 1. The zero-order valence-electron chi connectivity index (χ0n) is 11.0. The van der Waals surface area contributed by atoms with E-state index in [0.29, 0.717) is 6.42 Å². The Morgan fingerprint density at radius 1 is 1.44 bits per heavy atom. The predicted octanol–water partition coefficient (Wildman–Crippen LogP) is 2.18. The number of nitrogens with one attached hydrogen (secondary N) is 2. The largest absolute Gasteiger partial charge is 0.356 e. The molecule has 3 heteroatoms. The molecule has 0 aliphatic carbocycles. The van der Waals surface area contributed by atoms with Crippen molar-refractivity contribution in [3.05, 3.63) is 35.4 Å². The molecule has 1 heterocycles. The zero-order valence-corrected chi connectivity index (χ0v) is 11.0. The minimum absolute atomic E-state index is 0.151. The van der Waals surface area contributed by atoms with Gasteiger partial charge in [0.1, 0.15) is 0 Å². The summed E-state index contributed by atoms with van der Waals surface area (Å²) < 4.78 is 0. The molecule has 1 amide bonds. The second kappa shape index (κ2) is 6.55. The van der Waals surface area contributed by atoms with Gasteiger partial charge in [0.15, 0.2) is 0 Å². The molecule has 0 saturated heterocycles. The molecule has 0 radical (unpaired) electrons. The van der Waals surface area contributed by atoms with E-state index in [1.54, 1.807) is 0 Å². The molecule has 1 atom stereocenters. The Morgan fingerprint density at radius 3 is 3.11 bits per heavy atom. The van der Waals surface area contributed by atoms with Crippen molar-refractivity contribution in [2.45, 2.75) is 38.6 Å². The van der Waals surface area contributed by atoms with Crippen LogP contribution in [0, 0.1) is 0 Å². The first-order chi connectivity index (χ1) is 8.81. The van der Waals surface area contributed by atoms with Crippen molar-refractivity contribution in [2.24, 2.45) is 0 Å².